The lowest BCUT2D eigenvalue weighted by molar-refractivity contribution is 0.0796. The Balaban J connectivity index is 2.76. The van der Waals surface area contributed by atoms with Crippen LogP contribution in [-0.2, 0) is 0 Å². The number of rotatable bonds is 4. The van der Waals surface area contributed by atoms with Crippen LogP contribution in [0.25, 0.3) is 0 Å². The molecular weight excluding hydrogens is 209 g/mol. The molecule has 0 aliphatic heterocycles. The van der Waals surface area contributed by atoms with Crippen LogP contribution >= 0.6 is 0 Å². The molecule has 0 aromatic heterocycles. The Morgan fingerprint density at radius 1 is 1.56 bits per heavy atom. The third kappa shape index (κ3) is 2.93. The predicted molar refractivity (Wildman–Crippen MR) is 61.7 cm³/mol. The highest BCUT2D eigenvalue weighted by molar-refractivity contribution is 5.94. The number of anilines is 1. The third-order valence-electron chi connectivity index (χ3n) is 2.29. The van der Waals surface area contributed by atoms with E-state index < -0.39 is 5.82 Å². The van der Waals surface area contributed by atoms with Crippen molar-refractivity contribution < 1.29 is 9.18 Å². The first-order valence-electron chi connectivity index (χ1n) is 5.01. The minimum absolute atomic E-state index is 0.0504. The first kappa shape index (κ1) is 12.4. The molecule has 0 spiro atoms. The van der Waals surface area contributed by atoms with Gasteiger partial charge in [-0.15, -0.1) is 0 Å². The van der Waals surface area contributed by atoms with Crippen LogP contribution in [0.1, 0.15) is 10.4 Å². The average molecular weight is 225 g/mol. The van der Waals surface area contributed by atoms with Gasteiger partial charge in [-0.1, -0.05) is 0 Å². The number of carbonyl (C=O) groups excluding carboxylic acids is 1. The molecule has 5 heteroatoms. The minimum Gasteiger partial charge on any atom is -0.396 e. The summed E-state index contributed by atoms with van der Waals surface area (Å²) in [5.74, 6) is -0.776. The van der Waals surface area contributed by atoms with Gasteiger partial charge in [-0.3, -0.25) is 4.79 Å². The van der Waals surface area contributed by atoms with E-state index in [1.165, 1.54) is 17.0 Å². The second-order valence-corrected chi connectivity index (χ2v) is 3.57. The van der Waals surface area contributed by atoms with Crippen LogP contribution in [0.2, 0.25) is 0 Å². The van der Waals surface area contributed by atoms with E-state index in [2.05, 4.69) is 5.32 Å². The molecule has 88 valence electrons. The molecule has 0 aliphatic rings. The van der Waals surface area contributed by atoms with Crippen LogP contribution in [0.5, 0.6) is 0 Å². The Hall–Kier alpha value is -1.62. The molecule has 0 unspecified atom stereocenters. The molecular formula is C11H16FN3O. The number of hydrogen-bond donors (Lipinski definition) is 2. The van der Waals surface area contributed by atoms with Gasteiger partial charge in [-0.05, 0) is 25.2 Å². The van der Waals surface area contributed by atoms with E-state index in [9.17, 15) is 9.18 Å². The summed E-state index contributed by atoms with van der Waals surface area (Å²) in [4.78, 5) is 13.3. The highest BCUT2D eigenvalue weighted by Gasteiger charge is 2.12. The average Bonchev–Trinajstić information content (AvgIpc) is 2.28. The Morgan fingerprint density at radius 3 is 2.81 bits per heavy atom. The van der Waals surface area contributed by atoms with Gasteiger partial charge in [-0.2, -0.15) is 0 Å². The first-order valence-corrected chi connectivity index (χ1v) is 5.01. The summed E-state index contributed by atoms with van der Waals surface area (Å²) in [5.41, 5.74) is 5.70. The number of nitrogens with zero attached hydrogens (tertiary/aromatic N) is 1. The fourth-order valence-corrected chi connectivity index (χ4v) is 1.26. The molecule has 0 saturated carbocycles. The summed E-state index contributed by atoms with van der Waals surface area (Å²) in [6, 6.07) is 4.08. The van der Waals surface area contributed by atoms with E-state index in [0.717, 1.165) is 6.07 Å². The summed E-state index contributed by atoms with van der Waals surface area (Å²) in [6.45, 7) is 1.26. The maximum Gasteiger partial charge on any atom is 0.253 e. The predicted octanol–water partition coefficient (Wildman–Crippen LogP) is 0.699. The van der Waals surface area contributed by atoms with Crippen molar-refractivity contribution >= 4 is 11.6 Å². The van der Waals surface area contributed by atoms with Crippen molar-refractivity contribution in [3.63, 3.8) is 0 Å². The number of hydrogen-bond acceptors (Lipinski definition) is 3. The maximum atomic E-state index is 13.1. The third-order valence-corrected chi connectivity index (χ3v) is 2.29. The van der Waals surface area contributed by atoms with Crippen molar-refractivity contribution in [2.75, 3.05) is 32.9 Å². The molecule has 16 heavy (non-hydrogen) atoms. The lowest BCUT2D eigenvalue weighted by atomic mass is 10.2. The van der Waals surface area contributed by atoms with Gasteiger partial charge < -0.3 is 16.0 Å². The Bertz CT molecular complexity index is 381. The highest BCUT2D eigenvalue weighted by atomic mass is 19.1. The lowest BCUT2D eigenvalue weighted by Gasteiger charge is -2.17. The van der Waals surface area contributed by atoms with Gasteiger partial charge >= 0.3 is 0 Å². The Morgan fingerprint density at radius 2 is 2.25 bits per heavy atom. The zero-order valence-electron chi connectivity index (χ0n) is 9.46. The van der Waals surface area contributed by atoms with Gasteiger partial charge in [-0.25, -0.2) is 4.39 Å². The summed E-state index contributed by atoms with van der Waals surface area (Å²) in [6.07, 6.45) is 0. The number of halogens is 1. The van der Waals surface area contributed by atoms with Crippen molar-refractivity contribution in [1.29, 1.82) is 0 Å². The highest BCUT2D eigenvalue weighted by Crippen LogP contribution is 2.13. The topological polar surface area (TPSA) is 58.4 Å². The monoisotopic (exact) mass is 225 g/mol. The molecule has 0 fully saturated rings. The first-order chi connectivity index (χ1) is 7.56. The quantitative estimate of drug-likeness (QED) is 0.742. The molecule has 0 heterocycles. The molecule has 1 aromatic carbocycles. The number of benzene rings is 1. The molecule has 1 aromatic rings. The summed E-state index contributed by atoms with van der Waals surface area (Å²) < 4.78 is 13.1. The summed E-state index contributed by atoms with van der Waals surface area (Å²) in [5, 5.41) is 2.94. The molecule has 0 atom stereocenters. The van der Waals surface area contributed by atoms with E-state index >= 15 is 0 Å². The van der Waals surface area contributed by atoms with Crippen molar-refractivity contribution in [3.05, 3.63) is 29.6 Å². The Kier molecular flexibility index (Phi) is 4.25. The molecule has 0 radical (unpaired) electrons. The molecule has 1 amide bonds. The molecule has 3 N–H and O–H groups in total. The van der Waals surface area contributed by atoms with E-state index in [0.29, 0.717) is 18.7 Å². The molecule has 0 aliphatic carbocycles. The summed E-state index contributed by atoms with van der Waals surface area (Å²) >= 11 is 0. The van der Waals surface area contributed by atoms with Gasteiger partial charge in [0.05, 0.1) is 5.69 Å². The number of nitrogen functional groups attached to an aromatic ring is 1. The standard InChI is InChI=1S/C11H16FN3O/c1-14-5-6-15(2)11(16)8-3-4-10(13)9(12)7-8/h3-4,7,14H,5-6,13H2,1-2H3. The number of amides is 1. The van der Waals surface area contributed by atoms with Crippen LogP contribution in [0.15, 0.2) is 18.2 Å². The second-order valence-electron chi connectivity index (χ2n) is 3.57. The number of nitrogens with two attached hydrogens (primary N) is 1. The summed E-state index contributed by atoms with van der Waals surface area (Å²) in [7, 11) is 3.48. The van der Waals surface area contributed by atoms with E-state index in [1.54, 1.807) is 14.1 Å². The largest absolute Gasteiger partial charge is 0.396 e. The van der Waals surface area contributed by atoms with Crippen LogP contribution in [-0.4, -0.2) is 38.0 Å². The smallest absolute Gasteiger partial charge is 0.253 e. The van der Waals surface area contributed by atoms with E-state index in [1.807, 2.05) is 0 Å². The SMILES string of the molecule is CNCCN(C)C(=O)c1ccc(N)c(F)c1. The fourth-order valence-electron chi connectivity index (χ4n) is 1.26. The van der Waals surface area contributed by atoms with Crippen LogP contribution < -0.4 is 11.1 Å². The van der Waals surface area contributed by atoms with Crippen molar-refractivity contribution in [3.8, 4) is 0 Å². The molecule has 0 bridgehead atoms. The number of nitrogens with one attached hydrogen (secondary N) is 1. The van der Waals surface area contributed by atoms with Crippen molar-refractivity contribution in [2.45, 2.75) is 0 Å². The van der Waals surface area contributed by atoms with Crippen LogP contribution in [0.3, 0.4) is 0 Å². The zero-order chi connectivity index (χ0) is 12.1. The van der Waals surface area contributed by atoms with Gasteiger partial charge in [0.1, 0.15) is 5.82 Å². The number of likely N-dealkylation sites (N-methyl/N-ethyl adjacent to an activating group) is 2. The van der Waals surface area contributed by atoms with Gasteiger partial charge in [0, 0.05) is 25.7 Å². The van der Waals surface area contributed by atoms with Crippen LogP contribution in [0.4, 0.5) is 10.1 Å². The molecule has 4 nitrogen and oxygen atoms in total. The number of carbonyl (C=O) groups is 1. The second kappa shape index (κ2) is 5.46. The minimum atomic E-state index is -0.562. The van der Waals surface area contributed by atoms with E-state index in [4.69, 9.17) is 5.73 Å². The van der Waals surface area contributed by atoms with Gasteiger partial charge in [0.15, 0.2) is 0 Å². The van der Waals surface area contributed by atoms with Crippen molar-refractivity contribution in [1.82, 2.24) is 10.2 Å². The molecule has 1 rings (SSSR count). The zero-order valence-corrected chi connectivity index (χ0v) is 9.46. The molecule has 0 saturated heterocycles. The fraction of sp³-hybridized carbons (Fsp3) is 0.364. The van der Waals surface area contributed by atoms with Gasteiger partial charge in [0.25, 0.3) is 5.91 Å². The van der Waals surface area contributed by atoms with Gasteiger partial charge in [0.2, 0.25) is 0 Å². The Labute approximate surface area is 94.2 Å². The van der Waals surface area contributed by atoms with Crippen molar-refractivity contribution in [2.24, 2.45) is 0 Å². The maximum absolute atomic E-state index is 13.1. The van der Waals surface area contributed by atoms with E-state index in [-0.39, 0.29) is 11.6 Å². The lowest BCUT2D eigenvalue weighted by Crippen LogP contribution is -2.32. The van der Waals surface area contributed by atoms with Crippen LogP contribution in [0, 0.1) is 5.82 Å². The normalized spacial score (nSPS) is 10.2.